The summed E-state index contributed by atoms with van der Waals surface area (Å²) in [5, 5.41) is 14.0. The molecule has 0 aliphatic carbocycles. The number of nitrogens with two attached hydrogens (primary N) is 1. The summed E-state index contributed by atoms with van der Waals surface area (Å²) in [5.41, 5.74) is 4.39. The Morgan fingerprint density at radius 3 is 1.95 bits per heavy atom. The van der Waals surface area contributed by atoms with Gasteiger partial charge in [0.25, 0.3) is 0 Å². The van der Waals surface area contributed by atoms with E-state index in [2.05, 4.69) is 10.6 Å². The number of carbonyl (C=O) groups is 3. The molecule has 0 rings (SSSR count). The highest BCUT2D eigenvalue weighted by molar-refractivity contribution is 5.90. The lowest BCUT2D eigenvalue weighted by molar-refractivity contribution is -0.145. The summed E-state index contributed by atoms with van der Waals surface area (Å²) >= 11 is 0. The molecule has 0 aliphatic heterocycles. The molecule has 0 saturated heterocycles. The number of carbonyl (C=O) groups excluding carboxylic acids is 2. The van der Waals surface area contributed by atoms with Crippen LogP contribution in [0.2, 0.25) is 0 Å². The monoisotopic (exact) mass is 287 g/mol. The third-order valence-electron chi connectivity index (χ3n) is 2.74. The molecule has 2 atom stereocenters. The lowest BCUT2D eigenvalue weighted by Gasteiger charge is -2.29. The number of primary amides is 1. The minimum atomic E-state index is -1.12. The van der Waals surface area contributed by atoms with Gasteiger partial charge >= 0.3 is 12.0 Å². The first-order chi connectivity index (χ1) is 8.95. The second kappa shape index (κ2) is 7.12. The minimum absolute atomic E-state index is 0.149. The molecule has 0 radical (unpaired) electrons. The van der Waals surface area contributed by atoms with Crippen molar-refractivity contribution in [2.45, 2.75) is 53.1 Å². The smallest absolute Gasteiger partial charge is 0.326 e. The van der Waals surface area contributed by atoms with Crippen LogP contribution in [0.5, 0.6) is 0 Å². The van der Waals surface area contributed by atoms with Crippen LogP contribution in [0.1, 0.15) is 41.0 Å². The summed E-state index contributed by atoms with van der Waals surface area (Å²) in [6, 6.07) is -2.69. The fraction of sp³-hybridized carbons (Fsp3) is 0.769. The molecule has 116 valence electrons. The molecule has 1 unspecified atom stereocenters. The Kier molecular flexibility index (Phi) is 6.48. The van der Waals surface area contributed by atoms with Crippen LogP contribution in [-0.2, 0) is 9.59 Å². The van der Waals surface area contributed by atoms with Crippen LogP contribution >= 0.6 is 0 Å². The maximum atomic E-state index is 12.1. The van der Waals surface area contributed by atoms with Crippen molar-refractivity contribution in [1.29, 1.82) is 0 Å². The number of carboxylic acids is 1. The molecular formula is C13H25N3O4. The molecule has 0 aromatic rings. The summed E-state index contributed by atoms with van der Waals surface area (Å²) < 4.78 is 0. The van der Waals surface area contributed by atoms with Crippen LogP contribution in [0.25, 0.3) is 0 Å². The van der Waals surface area contributed by atoms with Crippen molar-refractivity contribution < 1.29 is 19.5 Å². The SMILES string of the molecule is CC(C)CC(NC(N)=O)C(=O)N[C@@H](C(=O)O)C(C)(C)C. The van der Waals surface area contributed by atoms with Crippen LogP contribution in [0, 0.1) is 11.3 Å². The number of hydrogen-bond donors (Lipinski definition) is 4. The van der Waals surface area contributed by atoms with E-state index in [-0.39, 0.29) is 5.92 Å². The average molecular weight is 287 g/mol. The number of carboxylic acid groups (broad SMARTS) is 1. The van der Waals surface area contributed by atoms with Gasteiger partial charge in [-0.25, -0.2) is 9.59 Å². The molecule has 0 aromatic heterocycles. The molecule has 3 amide bonds. The lowest BCUT2D eigenvalue weighted by Crippen LogP contribution is -2.56. The molecular weight excluding hydrogens is 262 g/mol. The quantitative estimate of drug-likeness (QED) is 0.574. The van der Waals surface area contributed by atoms with Crippen molar-refractivity contribution in [2.24, 2.45) is 17.1 Å². The molecule has 7 nitrogen and oxygen atoms in total. The zero-order valence-corrected chi connectivity index (χ0v) is 12.7. The van der Waals surface area contributed by atoms with Crippen molar-refractivity contribution in [1.82, 2.24) is 10.6 Å². The molecule has 7 heteroatoms. The Morgan fingerprint density at radius 2 is 1.65 bits per heavy atom. The van der Waals surface area contributed by atoms with Crippen molar-refractivity contribution in [2.75, 3.05) is 0 Å². The zero-order valence-electron chi connectivity index (χ0n) is 12.7. The maximum Gasteiger partial charge on any atom is 0.326 e. The maximum absolute atomic E-state index is 12.1. The van der Waals surface area contributed by atoms with Crippen LogP contribution in [-0.4, -0.2) is 35.1 Å². The number of urea groups is 1. The topological polar surface area (TPSA) is 122 Å². The molecule has 5 N–H and O–H groups in total. The van der Waals surface area contributed by atoms with E-state index in [1.807, 2.05) is 13.8 Å². The Labute approximate surface area is 119 Å². The first-order valence-corrected chi connectivity index (χ1v) is 6.54. The number of aliphatic carboxylic acids is 1. The van der Waals surface area contributed by atoms with E-state index in [1.165, 1.54) is 0 Å². The van der Waals surface area contributed by atoms with Gasteiger partial charge in [-0.1, -0.05) is 34.6 Å². The van der Waals surface area contributed by atoms with E-state index in [4.69, 9.17) is 5.73 Å². The van der Waals surface area contributed by atoms with Gasteiger partial charge < -0.3 is 21.5 Å². The highest BCUT2D eigenvalue weighted by Crippen LogP contribution is 2.19. The van der Waals surface area contributed by atoms with Crippen LogP contribution in [0.15, 0.2) is 0 Å². The normalized spacial score (nSPS) is 14.5. The molecule has 20 heavy (non-hydrogen) atoms. The Hall–Kier alpha value is -1.79. The number of hydrogen-bond acceptors (Lipinski definition) is 3. The summed E-state index contributed by atoms with van der Waals surface area (Å²) in [7, 11) is 0. The fourth-order valence-corrected chi connectivity index (χ4v) is 1.77. The minimum Gasteiger partial charge on any atom is -0.480 e. The van der Waals surface area contributed by atoms with Crippen molar-refractivity contribution in [3.05, 3.63) is 0 Å². The number of amides is 3. The van der Waals surface area contributed by atoms with Crippen LogP contribution < -0.4 is 16.4 Å². The van der Waals surface area contributed by atoms with E-state index in [0.717, 1.165) is 0 Å². The summed E-state index contributed by atoms with van der Waals surface area (Å²) in [4.78, 5) is 34.3. The lowest BCUT2D eigenvalue weighted by atomic mass is 9.86. The predicted octanol–water partition coefficient (Wildman–Crippen LogP) is 0.685. The Morgan fingerprint density at radius 1 is 1.15 bits per heavy atom. The highest BCUT2D eigenvalue weighted by Gasteiger charge is 2.34. The van der Waals surface area contributed by atoms with Gasteiger partial charge in [0, 0.05) is 0 Å². The van der Waals surface area contributed by atoms with Gasteiger partial charge in [-0.2, -0.15) is 0 Å². The highest BCUT2D eigenvalue weighted by atomic mass is 16.4. The van der Waals surface area contributed by atoms with Crippen LogP contribution in [0.4, 0.5) is 4.79 Å². The van der Waals surface area contributed by atoms with Gasteiger partial charge in [-0.05, 0) is 17.8 Å². The van der Waals surface area contributed by atoms with Crippen LogP contribution in [0.3, 0.4) is 0 Å². The predicted molar refractivity (Wildman–Crippen MR) is 75.0 cm³/mol. The molecule has 0 heterocycles. The standard InChI is InChI=1S/C13H25N3O4/c1-7(2)6-8(15-12(14)20)10(17)16-9(11(18)19)13(3,4)5/h7-9H,6H2,1-5H3,(H,16,17)(H,18,19)(H3,14,15,20)/t8?,9-/m0/s1. The first-order valence-electron chi connectivity index (χ1n) is 6.54. The summed E-state index contributed by atoms with van der Waals surface area (Å²) in [5.74, 6) is -1.51. The molecule has 0 spiro atoms. The Balaban J connectivity index is 4.97. The molecule has 0 bridgehead atoms. The molecule has 0 aromatic carbocycles. The van der Waals surface area contributed by atoms with Gasteiger partial charge in [0.1, 0.15) is 12.1 Å². The first kappa shape index (κ1) is 18.2. The number of nitrogens with one attached hydrogen (secondary N) is 2. The second-order valence-electron chi connectivity index (χ2n) is 6.34. The average Bonchev–Trinajstić information content (AvgIpc) is 2.20. The number of rotatable bonds is 6. The molecule has 0 aliphatic rings. The Bertz CT molecular complexity index is 374. The summed E-state index contributed by atoms with van der Waals surface area (Å²) in [6.07, 6.45) is 0.380. The van der Waals surface area contributed by atoms with E-state index >= 15 is 0 Å². The third kappa shape index (κ3) is 6.40. The van der Waals surface area contributed by atoms with E-state index in [0.29, 0.717) is 6.42 Å². The third-order valence-corrected chi connectivity index (χ3v) is 2.74. The zero-order chi connectivity index (χ0) is 16.1. The van der Waals surface area contributed by atoms with E-state index in [9.17, 15) is 19.5 Å². The van der Waals surface area contributed by atoms with E-state index < -0.39 is 35.4 Å². The van der Waals surface area contributed by atoms with Crippen molar-refractivity contribution in [3.63, 3.8) is 0 Å². The van der Waals surface area contributed by atoms with E-state index in [1.54, 1.807) is 20.8 Å². The van der Waals surface area contributed by atoms with Gasteiger partial charge in [0.15, 0.2) is 0 Å². The van der Waals surface area contributed by atoms with Gasteiger partial charge in [-0.15, -0.1) is 0 Å². The fourth-order valence-electron chi connectivity index (χ4n) is 1.77. The summed E-state index contributed by atoms with van der Waals surface area (Å²) in [6.45, 7) is 8.92. The van der Waals surface area contributed by atoms with Gasteiger partial charge in [-0.3, -0.25) is 4.79 Å². The van der Waals surface area contributed by atoms with Crippen molar-refractivity contribution in [3.8, 4) is 0 Å². The molecule has 0 saturated carbocycles. The van der Waals surface area contributed by atoms with Gasteiger partial charge in [0.05, 0.1) is 0 Å². The second-order valence-corrected chi connectivity index (χ2v) is 6.34. The van der Waals surface area contributed by atoms with Gasteiger partial charge in [0.2, 0.25) is 5.91 Å². The largest absolute Gasteiger partial charge is 0.480 e. The van der Waals surface area contributed by atoms with Crippen molar-refractivity contribution >= 4 is 17.9 Å². The molecule has 0 fully saturated rings.